The molecule has 1 aliphatic heterocycles. The van der Waals surface area contributed by atoms with E-state index >= 15 is 0 Å². The van der Waals surface area contributed by atoms with E-state index in [-0.39, 0.29) is 11.8 Å². The first-order chi connectivity index (χ1) is 15.2. The van der Waals surface area contributed by atoms with Crippen molar-refractivity contribution in [2.75, 3.05) is 31.6 Å². The van der Waals surface area contributed by atoms with E-state index < -0.39 is 0 Å². The minimum Gasteiger partial charge on any atom is -0.497 e. The van der Waals surface area contributed by atoms with Gasteiger partial charge in [-0.1, -0.05) is 12.1 Å². The van der Waals surface area contributed by atoms with Crippen LogP contribution < -0.4 is 15.0 Å². The molecular formula is C24H27N5O2. The molecule has 1 aliphatic rings. The third kappa shape index (κ3) is 5.36. The zero-order valence-electron chi connectivity index (χ0n) is 17.7. The molecule has 1 unspecified atom stereocenters. The van der Waals surface area contributed by atoms with Crippen molar-refractivity contribution in [3.63, 3.8) is 0 Å². The van der Waals surface area contributed by atoms with Gasteiger partial charge in [0.2, 0.25) is 5.91 Å². The average molecular weight is 418 g/mol. The average Bonchev–Trinajstić information content (AvgIpc) is 2.85. The maximum absolute atomic E-state index is 12.7. The Balaban J connectivity index is 1.29. The number of benzene rings is 1. The van der Waals surface area contributed by atoms with Gasteiger partial charge in [0, 0.05) is 37.6 Å². The topological polar surface area (TPSA) is 80.2 Å². The highest BCUT2D eigenvalue weighted by Crippen LogP contribution is 2.23. The van der Waals surface area contributed by atoms with Crippen molar-refractivity contribution in [3.05, 3.63) is 66.5 Å². The van der Waals surface area contributed by atoms with Crippen LogP contribution in [0.5, 0.6) is 5.75 Å². The second-order valence-electron chi connectivity index (χ2n) is 7.69. The lowest BCUT2D eigenvalue weighted by Crippen LogP contribution is -2.43. The molecule has 1 fully saturated rings. The number of hydrogen-bond acceptors (Lipinski definition) is 6. The lowest BCUT2D eigenvalue weighted by atomic mass is 9.97. The first-order valence-corrected chi connectivity index (χ1v) is 10.6. The summed E-state index contributed by atoms with van der Waals surface area (Å²) >= 11 is 0. The lowest BCUT2D eigenvalue weighted by Gasteiger charge is -2.32. The van der Waals surface area contributed by atoms with Crippen LogP contribution in [0.2, 0.25) is 0 Å². The summed E-state index contributed by atoms with van der Waals surface area (Å²) < 4.78 is 5.18. The second kappa shape index (κ2) is 10.0. The van der Waals surface area contributed by atoms with E-state index in [2.05, 4.69) is 25.4 Å². The molecule has 2 aromatic heterocycles. The molecule has 1 N–H and O–H groups in total. The van der Waals surface area contributed by atoms with E-state index in [0.29, 0.717) is 13.1 Å². The van der Waals surface area contributed by atoms with Crippen LogP contribution in [-0.4, -0.2) is 47.8 Å². The summed E-state index contributed by atoms with van der Waals surface area (Å²) in [6.45, 7) is 2.18. The Morgan fingerprint density at radius 3 is 2.61 bits per heavy atom. The third-order valence-electron chi connectivity index (χ3n) is 5.61. The molecule has 0 aliphatic carbocycles. The Hall–Kier alpha value is -3.48. The van der Waals surface area contributed by atoms with Crippen LogP contribution in [0.3, 0.4) is 0 Å². The number of carbonyl (C=O) groups is 1. The number of pyridine rings is 1. The van der Waals surface area contributed by atoms with Gasteiger partial charge in [-0.05, 0) is 61.2 Å². The quantitative estimate of drug-likeness (QED) is 0.636. The van der Waals surface area contributed by atoms with Crippen LogP contribution in [-0.2, 0) is 11.2 Å². The van der Waals surface area contributed by atoms with Gasteiger partial charge in [-0.25, -0.2) is 0 Å². The summed E-state index contributed by atoms with van der Waals surface area (Å²) in [6, 6.07) is 15.7. The van der Waals surface area contributed by atoms with Crippen molar-refractivity contribution >= 4 is 11.7 Å². The van der Waals surface area contributed by atoms with Crippen molar-refractivity contribution in [1.29, 1.82) is 0 Å². The molecule has 7 heteroatoms. The highest BCUT2D eigenvalue weighted by atomic mass is 16.5. The van der Waals surface area contributed by atoms with Gasteiger partial charge in [0.15, 0.2) is 5.82 Å². The predicted molar refractivity (Wildman–Crippen MR) is 120 cm³/mol. The fraction of sp³-hybridized carbons (Fsp3) is 0.333. The van der Waals surface area contributed by atoms with Gasteiger partial charge in [0.25, 0.3) is 0 Å². The van der Waals surface area contributed by atoms with Crippen LogP contribution >= 0.6 is 0 Å². The summed E-state index contributed by atoms with van der Waals surface area (Å²) in [7, 11) is 1.66. The minimum absolute atomic E-state index is 0.0358. The fourth-order valence-corrected chi connectivity index (χ4v) is 3.84. The number of ether oxygens (including phenoxy) is 1. The van der Waals surface area contributed by atoms with E-state index in [1.807, 2.05) is 48.5 Å². The molecule has 31 heavy (non-hydrogen) atoms. The fourth-order valence-electron chi connectivity index (χ4n) is 3.84. The summed E-state index contributed by atoms with van der Waals surface area (Å²) in [6.07, 6.45) is 6.15. The van der Waals surface area contributed by atoms with Crippen LogP contribution in [0.15, 0.2) is 60.9 Å². The number of amides is 1. The largest absolute Gasteiger partial charge is 0.497 e. The van der Waals surface area contributed by atoms with E-state index in [1.165, 1.54) is 5.56 Å². The zero-order valence-corrected chi connectivity index (χ0v) is 17.7. The molecule has 0 spiro atoms. The van der Waals surface area contributed by atoms with Crippen LogP contribution in [0.1, 0.15) is 18.4 Å². The Labute approximate surface area is 182 Å². The van der Waals surface area contributed by atoms with Crippen molar-refractivity contribution < 1.29 is 9.53 Å². The van der Waals surface area contributed by atoms with Crippen molar-refractivity contribution in [3.8, 4) is 17.0 Å². The number of nitrogens with zero attached hydrogens (tertiary/aromatic N) is 4. The lowest BCUT2D eigenvalue weighted by molar-refractivity contribution is -0.125. The molecule has 0 radical (unpaired) electrons. The van der Waals surface area contributed by atoms with E-state index in [0.717, 1.165) is 48.6 Å². The molecule has 1 saturated heterocycles. The molecule has 1 atom stereocenters. The number of nitrogens with one attached hydrogen (secondary N) is 1. The molecule has 3 heterocycles. The minimum atomic E-state index is -0.0358. The maximum atomic E-state index is 12.7. The molecule has 0 saturated carbocycles. The van der Waals surface area contributed by atoms with Gasteiger partial charge in [0.05, 0.1) is 18.7 Å². The summed E-state index contributed by atoms with van der Waals surface area (Å²) in [4.78, 5) is 18.9. The summed E-state index contributed by atoms with van der Waals surface area (Å²) in [5.41, 5.74) is 2.98. The monoisotopic (exact) mass is 417 g/mol. The zero-order chi connectivity index (χ0) is 21.5. The smallest absolute Gasteiger partial charge is 0.224 e. The molecule has 1 amide bonds. The van der Waals surface area contributed by atoms with Gasteiger partial charge < -0.3 is 15.0 Å². The number of aromatic nitrogens is 3. The number of hydrogen-bond donors (Lipinski definition) is 1. The van der Waals surface area contributed by atoms with Gasteiger partial charge in [-0.15, -0.1) is 10.2 Å². The Bertz CT molecular complexity index is 977. The maximum Gasteiger partial charge on any atom is 0.224 e. The molecule has 4 rings (SSSR count). The molecule has 160 valence electrons. The van der Waals surface area contributed by atoms with E-state index in [1.54, 1.807) is 19.5 Å². The van der Waals surface area contributed by atoms with Gasteiger partial charge in [-0.3, -0.25) is 9.78 Å². The van der Waals surface area contributed by atoms with Gasteiger partial charge in [-0.2, -0.15) is 0 Å². The van der Waals surface area contributed by atoms with Crippen molar-refractivity contribution in [1.82, 2.24) is 20.5 Å². The standard InChI is InChI=1S/C24H27N5O2/c1-31-21-6-4-18(5-7-21)10-15-26-24(30)20-3-2-16-29(17-20)23-9-8-22(27-28-23)19-11-13-25-14-12-19/h4-9,11-14,20H,2-3,10,15-17H2,1H3,(H,26,30). The normalized spacial score (nSPS) is 16.0. The number of rotatable bonds is 7. The Morgan fingerprint density at radius 1 is 1.10 bits per heavy atom. The Kier molecular flexibility index (Phi) is 6.72. The number of anilines is 1. The van der Waals surface area contributed by atoms with Crippen LogP contribution in [0.4, 0.5) is 5.82 Å². The number of methoxy groups -OCH3 is 1. The molecule has 7 nitrogen and oxygen atoms in total. The van der Waals surface area contributed by atoms with Crippen molar-refractivity contribution in [2.24, 2.45) is 5.92 Å². The molecule has 1 aromatic carbocycles. The van der Waals surface area contributed by atoms with Gasteiger partial charge >= 0.3 is 0 Å². The number of piperidine rings is 1. The number of carbonyl (C=O) groups excluding carboxylic acids is 1. The Morgan fingerprint density at radius 2 is 1.90 bits per heavy atom. The summed E-state index contributed by atoms with van der Waals surface area (Å²) in [5, 5.41) is 11.9. The highest BCUT2D eigenvalue weighted by molar-refractivity contribution is 5.79. The summed E-state index contributed by atoms with van der Waals surface area (Å²) in [5.74, 6) is 1.73. The van der Waals surface area contributed by atoms with Crippen LogP contribution in [0.25, 0.3) is 11.3 Å². The molecule has 3 aromatic rings. The van der Waals surface area contributed by atoms with Crippen molar-refractivity contribution in [2.45, 2.75) is 19.3 Å². The first-order valence-electron chi connectivity index (χ1n) is 10.6. The molecule has 0 bridgehead atoms. The van der Waals surface area contributed by atoms with E-state index in [4.69, 9.17) is 4.74 Å². The first kappa shape index (κ1) is 20.8. The third-order valence-corrected chi connectivity index (χ3v) is 5.61. The van der Waals surface area contributed by atoms with Gasteiger partial charge in [0.1, 0.15) is 5.75 Å². The van der Waals surface area contributed by atoms with E-state index in [9.17, 15) is 4.79 Å². The highest BCUT2D eigenvalue weighted by Gasteiger charge is 2.26. The molecular weight excluding hydrogens is 390 g/mol. The predicted octanol–water partition coefficient (Wildman–Crippen LogP) is 3.12. The SMILES string of the molecule is COc1ccc(CCNC(=O)C2CCCN(c3ccc(-c4ccncc4)nn3)C2)cc1. The second-order valence-corrected chi connectivity index (χ2v) is 7.69. The van der Waals surface area contributed by atoms with Crippen LogP contribution in [0, 0.1) is 5.92 Å².